The van der Waals surface area contributed by atoms with Crippen molar-refractivity contribution in [3.63, 3.8) is 0 Å². The maximum Gasteiger partial charge on any atom is 0.138 e. The Bertz CT molecular complexity index is 592. The van der Waals surface area contributed by atoms with E-state index in [4.69, 9.17) is 5.73 Å². The lowest BCUT2D eigenvalue weighted by Gasteiger charge is -2.13. The summed E-state index contributed by atoms with van der Waals surface area (Å²) in [7, 11) is 0. The van der Waals surface area contributed by atoms with Crippen LogP contribution in [0.15, 0.2) is 28.7 Å². The molecule has 19 heavy (non-hydrogen) atoms. The van der Waals surface area contributed by atoms with Gasteiger partial charge in [-0.15, -0.1) is 0 Å². The van der Waals surface area contributed by atoms with Crippen LogP contribution in [0.4, 0.5) is 25.8 Å². The van der Waals surface area contributed by atoms with Crippen molar-refractivity contribution in [3.8, 4) is 0 Å². The van der Waals surface area contributed by atoms with E-state index in [-0.39, 0.29) is 11.6 Å². The molecule has 0 aliphatic heterocycles. The van der Waals surface area contributed by atoms with Gasteiger partial charge in [0, 0.05) is 11.8 Å². The predicted molar refractivity (Wildman–Crippen MR) is 85.6 cm³/mol. The van der Waals surface area contributed by atoms with E-state index in [1.165, 1.54) is 12.1 Å². The lowest BCUT2D eigenvalue weighted by Crippen LogP contribution is -2.00. The number of anilines is 3. The Balaban J connectivity index is 2.42. The molecule has 0 heterocycles. The van der Waals surface area contributed by atoms with Crippen molar-refractivity contribution in [3.05, 3.63) is 49.5 Å². The number of hydrogen-bond donors (Lipinski definition) is 2. The fraction of sp³-hybridized carbons (Fsp3) is 0.0769. The molecule has 0 aliphatic rings. The first-order valence-corrected chi connectivity index (χ1v) is 7.23. The number of benzene rings is 2. The third-order valence-electron chi connectivity index (χ3n) is 2.63. The highest BCUT2D eigenvalue weighted by molar-refractivity contribution is 14.1. The summed E-state index contributed by atoms with van der Waals surface area (Å²) < 4.78 is 27.7. The minimum absolute atomic E-state index is 0.338. The zero-order chi connectivity index (χ0) is 14.2. The molecular weight excluding hydrogens is 429 g/mol. The third kappa shape index (κ3) is 3.17. The molecule has 0 atom stereocenters. The molecule has 0 bridgehead atoms. The van der Waals surface area contributed by atoms with Gasteiger partial charge in [0.25, 0.3) is 0 Å². The maximum atomic E-state index is 13.5. The second-order valence-electron chi connectivity index (χ2n) is 4.06. The lowest BCUT2D eigenvalue weighted by atomic mass is 10.1. The Labute approximate surface area is 131 Å². The van der Waals surface area contributed by atoms with E-state index in [1.807, 2.05) is 22.6 Å². The van der Waals surface area contributed by atoms with Crippen molar-refractivity contribution in [1.29, 1.82) is 0 Å². The zero-order valence-corrected chi connectivity index (χ0v) is 13.6. The van der Waals surface area contributed by atoms with Gasteiger partial charge in [0.15, 0.2) is 0 Å². The summed E-state index contributed by atoms with van der Waals surface area (Å²) in [6.07, 6.45) is 0. The summed E-state index contributed by atoms with van der Waals surface area (Å²) in [5.41, 5.74) is 8.10. The van der Waals surface area contributed by atoms with Gasteiger partial charge in [-0.1, -0.05) is 0 Å². The van der Waals surface area contributed by atoms with E-state index in [2.05, 4.69) is 21.2 Å². The van der Waals surface area contributed by atoms with Gasteiger partial charge in [0.1, 0.15) is 11.6 Å². The third-order valence-corrected chi connectivity index (χ3v) is 4.06. The fourth-order valence-electron chi connectivity index (χ4n) is 1.60. The highest BCUT2D eigenvalue weighted by Gasteiger charge is 2.09. The molecule has 2 aromatic carbocycles. The van der Waals surface area contributed by atoms with Crippen LogP contribution in [-0.4, -0.2) is 0 Å². The SMILES string of the molecule is Cc1cc(F)c(Br)cc1Nc1cc(F)c(I)cc1N. The van der Waals surface area contributed by atoms with Gasteiger partial charge in [0.2, 0.25) is 0 Å². The quantitative estimate of drug-likeness (QED) is 0.513. The Morgan fingerprint density at radius 1 is 1.11 bits per heavy atom. The molecule has 2 aromatic rings. The Hall–Kier alpha value is -0.890. The Morgan fingerprint density at radius 2 is 1.79 bits per heavy atom. The molecule has 2 nitrogen and oxygen atoms in total. The van der Waals surface area contributed by atoms with E-state index in [0.717, 1.165) is 0 Å². The molecule has 2 rings (SSSR count). The minimum Gasteiger partial charge on any atom is -0.397 e. The molecule has 0 fully saturated rings. The number of hydrogen-bond acceptors (Lipinski definition) is 2. The summed E-state index contributed by atoms with van der Waals surface area (Å²) in [5.74, 6) is -0.694. The van der Waals surface area contributed by atoms with Gasteiger partial charge >= 0.3 is 0 Å². The zero-order valence-electron chi connectivity index (χ0n) is 9.90. The summed E-state index contributed by atoms with van der Waals surface area (Å²) >= 11 is 4.99. The summed E-state index contributed by atoms with van der Waals surface area (Å²) in [6, 6.07) is 5.87. The molecule has 0 amide bonds. The molecule has 100 valence electrons. The highest BCUT2D eigenvalue weighted by atomic mass is 127. The van der Waals surface area contributed by atoms with Crippen LogP contribution < -0.4 is 11.1 Å². The van der Waals surface area contributed by atoms with Crippen LogP contribution in [0.2, 0.25) is 0 Å². The van der Waals surface area contributed by atoms with E-state index >= 15 is 0 Å². The number of rotatable bonds is 2. The van der Waals surface area contributed by atoms with Crippen molar-refractivity contribution < 1.29 is 8.78 Å². The topological polar surface area (TPSA) is 38.0 Å². The first-order chi connectivity index (χ1) is 8.88. The van der Waals surface area contributed by atoms with Crippen molar-refractivity contribution in [2.45, 2.75) is 6.92 Å². The second-order valence-corrected chi connectivity index (χ2v) is 6.08. The van der Waals surface area contributed by atoms with Crippen molar-refractivity contribution in [2.24, 2.45) is 0 Å². The van der Waals surface area contributed by atoms with E-state index in [1.54, 1.807) is 19.1 Å². The van der Waals surface area contributed by atoms with E-state index < -0.39 is 0 Å². The van der Waals surface area contributed by atoms with Crippen LogP contribution in [-0.2, 0) is 0 Å². The van der Waals surface area contributed by atoms with Gasteiger partial charge in [-0.2, -0.15) is 0 Å². The molecule has 0 aromatic heterocycles. The number of aryl methyl sites for hydroxylation is 1. The maximum absolute atomic E-state index is 13.5. The highest BCUT2D eigenvalue weighted by Crippen LogP contribution is 2.31. The van der Waals surface area contributed by atoms with Crippen LogP contribution in [0.5, 0.6) is 0 Å². The van der Waals surface area contributed by atoms with Gasteiger partial charge in [-0.3, -0.25) is 0 Å². The van der Waals surface area contributed by atoms with Crippen LogP contribution in [0, 0.1) is 22.1 Å². The fourth-order valence-corrected chi connectivity index (χ4v) is 2.43. The molecule has 0 saturated carbocycles. The summed E-state index contributed by atoms with van der Waals surface area (Å²) in [6.45, 7) is 1.76. The first-order valence-electron chi connectivity index (χ1n) is 5.35. The second kappa shape index (κ2) is 5.62. The average molecular weight is 439 g/mol. The number of halogens is 4. The molecule has 0 radical (unpaired) electrons. The van der Waals surface area contributed by atoms with E-state index in [9.17, 15) is 8.78 Å². The lowest BCUT2D eigenvalue weighted by molar-refractivity contribution is 0.619. The van der Waals surface area contributed by atoms with Gasteiger partial charge < -0.3 is 11.1 Å². The summed E-state index contributed by atoms with van der Waals surface area (Å²) in [4.78, 5) is 0. The largest absolute Gasteiger partial charge is 0.397 e. The van der Waals surface area contributed by atoms with Crippen LogP contribution in [0.3, 0.4) is 0 Å². The Kier molecular flexibility index (Phi) is 4.29. The van der Waals surface area contributed by atoms with Crippen molar-refractivity contribution in [2.75, 3.05) is 11.1 Å². The normalized spacial score (nSPS) is 10.6. The van der Waals surface area contributed by atoms with Crippen LogP contribution in [0.1, 0.15) is 5.56 Å². The van der Waals surface area contributed by atoms with E-state index in [0.29, 0.717) is 30.7 Å². The van der Waals surface area contributed by atoms with Gasteiger partial charge in [-0.05, 0) is 69.2 Å². The van der Waals surface area contributed by atoms with Crippen molar-refractivity contribution in [1.82, 2.24) is 0 Å². The molecule has 0 saturated heterocycles. The number of nitrogens with one attached hydrogen (secondary N) is 1. The predicted octanol–water partition coefficient (Wildman–Crippen LogP) is 4.97. The molecule has 0 unspecified atom stereocenters. The smallest absolute Gasteiger partial charge is 0.138 e. The van der Waals surface area contributed by atoms with Gasteiger partial charge in [0.05, 0.1) is 19.4 Å². The average Bonchev–Trinajstić information content (AvgIpc) is 2.32. The molecule has 6 heteroatoms. The standard InChI is InChI=1S/C13H10BrF2IN2/c1-6-2-8(15)7(14)3-12(6)19-13-4-9(16)10(17)5-11(13)18/h2-5,19H,18H2,1H3. The number of nitrogens with two attached hydrogens (primary N) is 1. The monoisotopic (exact) mass is 438 g/mol. The summed E-state index contributed by atoms with van der Waals surface area (Å²) in [5, 5.41) is 3.01. The van der Waals surface area contributed by atoms with Crippen molar-refractivity contribution >= 4 is 55.6 Å². The van der Waals surface area contributed by atoms with Crippen LogP contribution >= 0.6 is 38.5 Å². The molecule has 3 N–H and O–H groups in total. The minimum atomic E-state index is -0.351. The molecular formula is C13H10BrF2IN2. The number of nitrogen functional groups attached to an aromatic ring is 1. The molecule has 0 spiro atoms. The Morgan fingerprint density at radius 3 is 2.47 bits per heavy atom. The van der Waals surface area contributed by atoms with Crippen LogP contribution in [0.25, 0.3) is 0 Å². The first kappa shape index (κ1) is 14.5. The van der Waals surface area contributed by atoms with Gasteiger partial charge in [-0.25, -0.2) is 8.78 Å². The molecule has 0 aliphatic carbocycles.